The van der Waals surface area contributed by atoms with Gasteiger partial charge in [-0.2, -0.15) is 11.8 Å². The highest BCUT2D eigenvalue weighted by molar-refractivity contribution is 7.99. The average Bonchev–Trinajstić information content (AvgIpc) is 2.05. The quantitative estimate of drug-likeness (QED) is 0.637. The van der Waals surface area contributed by atoms with Gasteiger partial charge in [0.1, 0.15) is 0 Å². The van der Waals surface area contributed by atoms with Crippen LogP contribution in [0.4, 0.5) is 0 Å². The summed E-state index contributed by atoms with van der Waals surface area (Å²) in [6, 6.07) is 0. The van der Waals surface area contributed by atoms with Gasteiger partial charge in [0, 0.05) is 5.25 Å². The first-order valence-corrected chi connectivity index (χ1v) is 6.45. The van der Waals surface area contributed by atoms with Crippen molar-refractivity contribution in [1.29, 1.82) is 0 Å². The van der Waals surface area contributed by atoms with Crippen molar-refractivity contribution in [2.75, 3.05) is 5.75 Å². The number of hydrogen-bond donors (Lipinski definition) is 0. The van der Waals surface area contributed by atoms with E-state index in [4.69, 9.17) is 0 Å². The van der Waals surface area contributed by atoms with E-state index in [1.54, 1.807) is 0 Å². The molecule has 1 heteroatoms. The molecule has 1 aliphatic rings. The maximum Gasteiger partial charge on any atom is 0.00470 e. The predicted octanol–water partition coefficient (Wildman–Crippen LogP) is 4.10. The number of thioether (sulfide) groups is 1. The van der Waals surface area contributed by atoms with Gasteiger partial charge in [0.05, 0.1) is 0 Å². The normalized spacial score (nSPS) is 20.2. The zero-order valence-electron chi connectivity index (χ0n) is 8.51. The standard InChI is InChI=1S/C11H22S/c1-10(2)8-9-12-11-6-4-3-5-7-11/h10-11H,3-9H2,1-2H3. The monoisotopic (exact) mass is 186 g/mol. The third-order valence-corrected chi connectivity index (χ3v) is 4.02. The van der Waals surface area contributed by atoms with Crippen LogP contribution in [0.3, 0.4) is 0 Å². The zero-order valence-corrected chi connectivity index (χ0v) is 9.33. The fourth-order valence-electron chi connectivity index (χ4n) is 1.70. The summed E-state index contributed by atoms with van der Waals surface area (Å²) in [5, 5.41) is 1.01. The molecule has 0 aliphatic heterocycles. The molecule has 12 heavy (non-hydrogen) atoms. The first-order chi connectivity index (χ1) is 5.79. The summed E-state index contributed by atoms with van der Waals surface area (Å²) in [5.41, 5.74) is 0. The molecular formula is C11H22S. The van der Waals surface area contributed by atoms with Crippen LogP contribution in [-0.2, 0) is 0 Å². The second kappa shape index (κ2) is 5.90. The Bertz CT molecular complexity index is 104. The summed E-state index contributed by atoms with van der Waals surface area (Å²) in [7, 11) is 0. The summed E-state index contributed by atoms with van der Waals surface area (Å²) >= 11 is 2.23. The van der Waals surface area contributed by atoms with Crippen LogP contribution in [0, 0.1) is 5.92 Å². The minimum Gasteiger partial charge on any atom is -0.159 e. The molecule has 1 rings (SSSR count). The van der Waals surface area contributed by atoms with Crippen molar-refractivity contribution < 1.29 is 0 Å². The Morgan fingerprint density at radius 3 is 2.42 bits per heavy atom. The Morgan fingerprint density at radius 2 is 1.83 bits per heavy atom. The third-order valence-electron chi connectivity index (χ3n) is 2.60. The molecule has 0 nitrogen and oxygen atoms in total. The fraction of sp³-hybridized carbons (Fsp3) is 1.00. The zero-order chi connectivity index (χ0) is 8.81. The van der Waals surface area contributed by atoms with Gasteiger partial charge in [-0.3, -0.25) is 0 Å². The predicted molar refractivity (Wildman–Crippen MR) is 58.8 cm³/mol. The molecule has 1 aliphatic carbocycles. The lowest BCUT2D eigenvalue weighted by Gasteiger charge is -2.21. The number of hydrogen-bond acceptors (Lipinski definition) is 1. The van der Waals surface area contributed by atoms with Gasteiger partial charge in [-0.1, -0.05) is 33.1 Å². The topological polar surface area (TPSA) is 0 Å². The molecule has 0 aromatic rings. The first-order valence-electron chi connectivity index (χ1n) is 5.40. The van der Waals surface area contributed by atoms with E-state index >= 15 is 0 Å². The first kappa shape index (κ1) is 10.4. The van der Waals surface area contributed by atoms with Gasteiger partial charge in [-0.25, -0.2) is 0 Å². The Kier molecular flexibility index (Phi) is 5.13. The minimum atomic E-state index is 0.890. The molecule has 0 N–H and O–H groups in total. The Balaban J connectivity index is 1.98. The van der Waals surface area contributed by atoms with Crippen molar-refractivity contribution in [2.24, 2.45) is 5.92 Å². The van der Waals surface area contributed by atoms with E-state index in [9.17, 15) is 0 Å². The van der Waals surface area contributed by atoms with Gasteiger partial charge >= 0.3 is 0 Å². The van der Waals surface area contributed by atoms with Crippen molar-refractivity contribution in [3.8, 4) is 0 Å². The van der Waals surface area contributed by atoms with Gasteiger partial charge in [-0.15, -0.1) is 0 Å². The van der Waals surface area contributed by atoms with Crippen LogP contribution in [-0.4, -0.2) is 11.0 Å². The van der Waals surface area contributed by atoms with E-state index in [0.29, 0.717) is 0 Å². The summed E-state index contributed by atoms with van der Waals surface area (Å²) in [6.07, 6.45) is 8.84. The highest BCUT2D eigenvalue weighted by Gasteiger charge is 2.12. The van der Waals surface area contributed by atoms with Crippen LogP contribution in [0.2, 0.25) is 0 Å². The van der Waals surface area contributed by atoms with Crippen LogP contribution in [0.5, 0.6) is 0 Å². The van der Waals surface area contributed by atoms with E-state index in [0.717, 1.165) is 11.2 Å². The van der Waals surface area contributed by atoms with Gasteiger partial charge in [0.25, 0.3) is 0 Å². The highest BCUT2D eigenvalue weighted by Crippen LogP contribution is 2.28. The molecule has 0 aromatic heterocycles. The van der Waals surface area contributed by atoms with E-state index in [1.807, 2.05) is 0 Å². The van der Waals surface area contributed by atoms with E-state index in [1.165, 1.54) is 44.3 Å². The summed E-state index contributed by atoms with van der Waals surface area (Å²) in [6.45, 7) is 4.64. The van der Waals surface area contributed by atoms with Crippen molar-refractivity contribution in [2.45, 2.75) is 57.6 Å². The van der Waals surface area contributed by atoms with Crippen molar-refractivity contribution >= 4 is 11.8 Å². The van der Waals surface area contributed by atoms with E-state index < -0.39 is 0 Å². The van der Waals surface area contributed by atoms with Gasteiger partial charge in [-0.05, 0) is 30.9 Å². The maximum atomic E-state index is 2.32. The maximum absolute atomic E-state index is 2.32. The second-order valence-electron chi connectivity index (χ2n) is 4.31. The van der Waals surface area contributed by atoms with Crippen molar-refractivity contribution in [3.05, 3.63) is 0 Å². The molecule has 0 radical (unpaired) electrons. The molecule has 0 spiro atoms. The summed E-state index contributed by atoms with van der Waals surface area (Å²) < 4.78 is 0. The van der Waals surface area contributed by atoms with Gasteiger partial charge < -0.3 is 0 Å². The minimum absolute atomic E-state index is 0.890. The van der Waals surface area contributed by atoms with Crippen molar-refractivity contribution in [1.82, 2.24) is 0 Å². The van der Waals surface area contributed by atoms with Crippen LogP contribution >= 0.6 is 11.8 Å². The second-order valence-corrected chi connectivity index (χ2v) is 5.72. The SMILES string of the molecule is CC(C)CCSC1CCCCC1. The van der Waals surface area contributed by atoms with Crippen molar-refractivity contribution in [3.63, 3.8) is 0 Å². The molecule has 0 heterocycles. The molecular weight excluding hydrogens is 164 g/mol. The highest BCUT2D eigenvalue weighted by atomic mass is 32.2. The van der Waals surface area contributed by atoms with Gasteiger partial charge in [0.15, 0.2) is 0 Å². The molecule has 0 bridgehead atoms. The Morgan fingerprint density at radius 1 is 1.17 bits per heavy atom. The lowest BCUT2D eigenvalue weighted by atomic mass is 10.0. The fourth-order valence-corrected chi connectivity index (χ4v) is 3.31. The largest absolute Gasteiger partial charge is 0.159 e. The summed E-state index contributed by atoms with van der Waals surface area (Å²) in [4.78, 5) is 0. The molecule has 1 saturated carbocycles. The molecule has 0 unspecified atom stereocenters. The smallest absolute Gasteiger partial charge is 0.00470 e. The van der Waals surface area contributed by atoms with Crippen LogP contribution < -0.4 is 0 Å². The van der Waals surface area contributed by atoms with E-state index in [-0.39, 0.29) is 0 Å². The van der Waals surface area contributed by atoms with Gasteiger partial charge in [0.2, 0.25) is 0 Å². The Hall–Kier alpha value is 0.350. The molecule has 72 valence electrons. The molecule has 0 saturated heterocycles. The van der Waals surface area contributed by atoms with Crippen LogP contribution in [0.25, 0.3) is 0 Å². The Labute approximate surface area is 81.5 Å². The molecule has 0 atom stereocenters. The average molecular weight is 186 g/mol. The van der Waals surface area contributed by atoms with Crippen LogP contribution in [0.15, 0.2) is 0 Å². The summed E-state index contributed by atoms with van der Waals surface area (Å²) in [5.74, 6) is 2.28. The number of rotatable bonds is 4. The van der Waals surface area contributed by atoms with E-state index in [2.05, 4.69) is 25.6 Å². The lowest BCUT2D eigenvalue weighted by molar-refractivity contribution is 0.515. The third kappa shape index (κ3) is 4.39. The van der Waals surface area contributed by atoms with Crippen LogP contribution in [0.1, 0.15) is 52.4 Å². The molecule has 0 amide bonds. The lowest BCUT2D eigenvalue weighted by Crippen LogP contribution is -2.09. The molecule has 1 fully saturated rings. The molecule has 0 aromatic carbocycles.